The third-order valence-electron chi connectivity index (χ3n) is 1.47. The minimum absolute atomic E-state index is 0.153. The number of aliphatic hydroxyl groups excluding tert-OH is 4. The van der Waals surface area contributed by atoms with E-state index in [1.54, 1.807) is 0 Å². The van der Waals surface area contributed by atoms with Crippen molar-refractivity contribution in [1.82, 2.24) is 0 Å². The second-order valence-corrected chi connectivity index (χ2v) is 2.27. The SMILES string of the molecule is OC1O[13CH2][C@@H](O)[C@@H](O)[C@H]1O. The van der Waals surface area contributed by atoms with Gasteiger partial charge in [0.1, 0.15) is 18.3 Å². The van der Waals surface area contributed by atoms with Crippen LogP contribution in [0.15, 0.2) is 0 Å². The van der Waals surface area contributed by atoms with Crippen molar-refractivity contribution in [1.29, 1.82) is 0 Å². The highest BCUT2D eigenvalue weighted by Gasteiger charge is 2.36. The summed E-state index contributed by atoms with van der Waals surface area (Å²) >= 11 is 0. The van der Waals surface area contributed by atoms with Gasteiger partial charge in [0, 0.05) is 0 Å². The Morgan fingerprint density at radius 2 is 1.60 bits per heavy atom. The first-order valence-electron chi connectivity index (χ1n) is 2.97. The molecule has 0 bridgehead atoms. The van der Waals surface area contributed by atoms with Gasteiger partial charge in [-0.2, -0.15) is 0 Å². The minimum atomic E-state index is -1.41. The second-order valence-electron chi connectivity index (χ2n) is 2.27. The average molecular weight is 151 g/mol. The standard InChI is InChI=1S/C5H10O5/c6-2-1-10-5(9)4(8)3(2)7/h2-9H,1H2/t2-,3-,4-,5?/m1/s1/i1+1. The molecule has 5 heteroatoms. The number of ether oxygens (including phenoxy) is 1. The number of hydrogen-bond acceptors (Lipinski definition) is 5. The largest absolute Gasteiger partial charge is 0.388 e. The van der Waals surface area contributed by atoms with Crippen molar-refractivity contribution in [3.63, 3.8) is 0 Å². The minimum Gasteiger partial charge on any atom is -0.388 e. The van der Waals surface area contributed by atoms with E-state index in [0.717, 1.165) is 0 Å². The lowest BCUT2D eigenvalue weighted by Crippen LogP contribution is -2.52. The average Bonchev–Trinajstić information content (AvgIpc) is 1.93. The summed E-state index contributed by atoms with van der Waals surface area (Å²) in [6.45, 7) is -0.153. The zero-order valence-corrected chi connectivity index (χ0v) is 5.21. The molecule has 4 N–H and O–H groups in total. The molecule has 10 heavy (non-hydrogen) atoms. The summed E-state index contributed by atoms with van der Waals surface area (Å²) in [4.78, 5) is 0. The molecule has 0 aromatic carbocycles. The fraction of sp³-hybridized carbons (Fsp3) is 1.00. The normalized spacial score (nSPS) is 49.2. The van der Waals surface area contributed by atoms with Gasteiger partial charge in [-0.25, -0.2) is 0 Å². The van der Waals surface area contributed by atoms with Crippen LogP contribution in [-0.4, -0.2) is 51.6 Å². The number of hydrogen-bond donors (Lipinski definition) is 4. The topological polar surface area (TPSA) is 90.2 Å². The lowest BCUT2D eigenvalue weighted by Gasteiger charge is -2.31. The van der Waals surface area contributed by atoms with E-state index in [1.807, 2.05) is 0 Å². The molecule has 0 amide bonds. The van der Waals surface area contributed by atoms with Crippen molar-refractivity contribution in [2.24, 2.45) is 0 Å². The van der Waals surface area contributed by atoms with Crippen molar-refractivity contribution in [3.8, 4) is 0 Å². The molecule has 0 spiro atoms. The van der Waals surface area contributed by atoms with Gasteiger partial charge in [-0.05, 0) is 0 Å². The van der Waals surface area contributed by atoms with E-state index < -0.39 is 24.6 Å². The van der Waals surface area contributed by atoms with E-state index in [2.05, 4.69) is 4.74 Å². The predicted molar refractivity (Wildman–Crippen MR) is 30.0 cm³/mol. The molecule has 5 nitrogen and oxygen atoms in total. The van der Waals surface area contributed by atoms with E-state index in [-0.39, 0.29) is 6.61 Å². The highest BCUT2D eigenvalue weighted by atomic mass is 16.7. The summed E-state index contributed by atoms with van der Waals surface area (Å²) in [5, 5.41) is 35.3. The summed E-state index contributed by atoms with van der Waals surface area (Å²) < 4.78 is 4.47. The van der Waals surface area contributed by atoms with Crippen LogP contribution in [0, 0.1) is 0 Å². The Bertz CT molecular complexity index is 103. The number of aliphatic hydroxyl groups is 4. The second kappa shape index (κ2) is 2.81. The van der Waals surface area contributed by atoms with E-state index in [4.69, 9.17) is 20.4 Å². The fourth-order valence-corrected chi connectivity index (χ4v) is 0.791. The van der Waals surface area contributed by atoms with Gasteiger partial charge >= 0.3 is 0 Å². The lowest BCUT2D eigenvalue weighted by molar-refractivity contribution is -0.252. The first-order valence-corrected chi connectivity index (χ1v) is 2.97. The van der Waals surface area contributed by atoms with Gasteiger partial charge in [0.2, 0.25) is 0 Å². The van der Waals surface area contributed by atoms with Crippen LogP contribution in [0.4, 0.5) is 0 Å². The van der Waals surface area contributed by atoms with Gasteiger partial charge in [-0.3, -0.25) is 0 Å². The van der Waals surface area contributed by atoms with Crippen LogP contribution < -0.4 is 0 Å². The maximum absolute atomic E-state index is 8.88. The van der Waals surface area contributed by atoms with Crippen molar-refractivity contribution in [2.45, 2.75) is 24.6 Å². The smallest absolute Gasteiger partial charge is 0.183 e. The molecule has 4 atom stereocenters. The van der Waals surface area contributed by atoms with Gasteiger partial charge < -0.3 is 25.2 Å². The molecule has 60 valence electrons. The van der Waals surface area contributed by atoms with E-state index >= 15 is 0 Å². The molecule has 0 radical (unpaired) electrons. The lowest BCUT2D eigenvalue weighted by atomic mass is 10.1. The molecule has 0 saturated carbocycles. The summed E-state index contributed by atoms with van der Waals surface area (Å²) in [7, 11) is 0. The molecule has 1 saturated heterocycles. The van der Waals surface area contributed by atoms with Crippen LogP contribution >= 0.6 is 0 Å². The van der Waals surface area contributed by atoms with E-state index in [1.165, 1.54) is 0 Å². The maximum Gasteiger partial charge on any atom is 0.183 e. The van der Waals surface area contributed by atoms with Crippen molar-refractivity contribution < 1.29 is 25.2 Å². The first kappa shape index (κ1) is 7.90. The number of rotatable bonds is 0. The van der Waals surface area contributed by atoms with Crippen LogP contribution in [0.1, 0.15) is 0 Å². The van der Waals surface area contributed by atoms with Gasteiger partial charge in [0.05, 0.1) is 6.61 Å². The molecule has 0 aromatic heterocycles. The zero-order chi connectivity index (χ0) is 7.72. The molecule has 1 aliphatic heterocycles. The molecule has 1 unspecified atom stereocenters. The highest BCUT2D eigenvalue weighted by Crippen LogP contribution is 2.12. The molecule has 1 rings (SSSR count). The Balaban J connectivity index is 2.52. The highest BCUT2D eigenvalue weighted by molar-refractivity contribution is 4.81. The monoisotopic (exact) mass is 151 g/mol. The first-order chi connectivity index (χ1) is 4.63. The summed E-state index contributed by atoms with van der Waals surface area (Å²) in [5.41, 5.74) is 0. The summed E-state index contributed by atoms with van der Waals surface area (Å²) in [6, 6.07) is 0. The summed E-state index contributed by atoms with van der Waals surface area (Å²) in [5.74, 6) is 0. The molecule has 0 aliphatic carbocycles. The van der Waals surface area contributed by atoms with Crippen LogP contribution in [0.5, 0.6) is 0 Å². The van der Waals surface area contributed by atoms with Crippen LogP contribution in [0.3, 0.4) is 0 Å². The molecular formula is C5H10O5. The molecule has 1 fully saturated rings. The van der Waals surface area contributed by atoms with Crippen LogP contribution in [-0.2, 0) is 4.74 Å². The Kier molecular flexibility index (Phi) is 2.22. The maximum atomic E-state index is 8.88. The molecule has 0 aromatic rings. The van der Waals surface area contributed by atoms with Crippen LogP contribution in [0.25, 0.3) is 0 Å². The van der Waals surface area contributed by atoms with E-state index in [9.17, 15) is 0 Å². The quantitative estimate of drug-likeness (QED) is 0.285. The van der Waals surface area contributed by atoms with E-state index in [0.29, 0.717) is 0 Å². The third kappa shape index (κ3) is 1.28. The molecule has 1 aliphatic rings. The Morgan fingerprint density at radius 1 is 1.00 bits per heavy atom. The Hall–Kier alpha value is -0.200. The fourth-order valence-electron chi connectivity index (χ4n) is 0.791. The Morgan fingerprint density at radius 3 is 2.10 bits per heavy atom. The summed E-state index contributed by atoms with van der Waals surface area (Å²) in [6.07, 6.45) is -5.23. The third-order valence-corrected chi connectivity index (χ3v) is 1.47. The molecular weight excluding hydrogens is 141 g/mol. The van der Waals surface area contributed by atoms with Crippen molar-refractivity contribution >= 4 is 0 Å². The van der Waals surface area contributed by atoms with Gasteiger partial charge in [0.15, 0.2) is 6.29 Å². The zero-order valence-electron chi connectivity index (χ0n) is 5.21. The Labute approximate surface area is 57.5 Å². The predicted octanol–water partition coefficient (Wildman–Crippen LogP) is -2.58. The van der Waals surface area contributed by atoms with Crippen molar-refractivity contribution in [3.05, 3.63) is 0 Å². The van der Waals surface area contributed by atoms with Gasteiger partial charge in [0.25, 0.3) is 0 Å². The molecule has 1 heterocycles. The van der Waals surface area contributed by atoms with Crippen LogP contribution in [0.2, 0.25) is 0 Å². The van der Waals surface area contributed by atoms with Crippen molar-refractivity contribution in [2.75, 3.05) is 6.61 Å². The van der Waals surface area contributed by atoms with Gasteiger partial charge in [-0.15, -0.1) is 0 Å². The van der Waals surface area contributed by atoms with Gasteiger partial charge in [-0.1, -0.05) is 0 Å².